The van der Waals surface area contributed by atoms with Crippen LogP contribution in [0.4, 0.5) is 0 Å². The second-order valence-electron chi connectivity index (χ2n) is 2.45. The number of ketones is 1. The molecule has 0 spiro atoms. The van der Waals surface area contributed by atoms with Gasteiger partial charge in [-0.2, -0.15) is 0 Å². The van der Waals surface area contributed by atoms with Crippen molar-refractivity contribution in [2.75, 3.05) is 13.7 Å². The second kappa shape index (κ2) is 4.61. The van der Waals surface area contributed by atoms with E-state index in [4.69, 9.17) is 27.9 Å². The molecule has 0 radical (unpaired) electrons. The van der Waals surface area contributed by atoms with Crippen LogP contribution in [-0.2, 0) is 4.74 Å². The van der Waals surface area contributed by atoms with E-state index in [1.165, 1.54) is 7.11 Å². The molecule has 0 aromatic heterocycles. The van der Waals surface area contributed by atoms with E-state index in [0.717, 1.165) is 0 Å². The highest BCUT2D eigenvalue weighted by molar-refractivity contribution is 6.39. The van der Waals surface area contributed by atoms with Crippen LogP contribution in [0.2, 0.25) is 10.0 Å². The van der Waals surface area contributed by atoms with Gasteiger partial charge >= 0.3 is 0 Å². The minimum Gasteiger partial charge on any atom is -0.377 e. The minimum atomic E-state index is -0.210. The van der Waals surface area contributed by atoms with E-state index in [1.807, 2.05) is 0 Å². The van der Waals surface area contributed by atoms with Crippen molar-refractivity contribution in [2.45, 2.75) is 0 Å². The molecule has 0 aliphatic carbocycles. The first kappa shape index (κ1) is 10.5. The lowest BCUT2D eigenvalue weighted by Gasteiger charge is -2.04. The number of rotatable bonds is 3. The number of methoxy groups -OCH3 is 1. The molecule has 0 amide bonds. The Bertz CT molecular complexity index is 303. The van der Waals surface area contributed by atoms with Crippen LogP contribution in [-0.4, -0.2) is 19.5 Å². The van der Waals surface area contributed by atoms with Crippen LogP contribution in [0.3, 0.4) is 0 Å². The number of carbonyl (C=O) groups excluding carboxylic acids is 1. The topological polar surface area (TPSA) is 26.3 Å². The third-order valence-electron chi connectivity index (χ3n) is 1.52. The first-order chi connectivity index (χ1) is 6.16. The lowest BCUT2D eigenvalue weighted by atomic mass is 10.1. The van der Waals surface area contributed by atoms with Gasteiger partial charge in [0.15, 0.2) is 5.78 Å². The molecule has 0 unspecified atom stereocenters. The average molecular weight is 219 g/mol. The summed E-state index contributed by atoms with van der Waals surface area (Å²) in [4.78, 5) is 11.4. The molecule has 0 aliphatic rings. The molecular weight excluding hydrogens is 211 g/mol. The maximum Gasteiger partial charge on any atom is 0.191 e. The normalized spacial score (nSPS) is 10.1. The number of carbonyl (C=O) groups is 1. The summed E-state index contributed by atoms with van der Waals surface area (Å²) in [6.45, 7) is -0.0105. The molecule has 1 aromatic rings. The summed E-state index contributed by atoms with van der Waals surface area (Å²) in [5, 5.41) is 0.712. The largest absolute Gasteiger partial charge is 0.377 e. The van der Waals surface area contributed by atoms with Gasteiger partial charge in [-0.15, -0.1) is 0 Å². The standard InChI is InChI=1S/C9H8Cl2O2/c1-13-5-8(12)9-6(10)3-2-4-7(9)11/h2-4H,5H2,1H3. The number of hydrogen-bond acceptors (Lipinski definition) is 2. The molecule has 1 aromatic carbocycles. The van der Waals surface area contributed by atoms with E-state index in [2.05, 4.69) is 0 Å². The number of halogens is 2. The zero-order chi connectivity index (χ0) is 9.84. The monoisotopic (exact) mass is 218 g/mol. The Kier molecular flexibility index (Phi) is 3.72. The maximum absolute atomic E-state index is 11.4. The minimum absolute atomic E-state index is 0.0105. The number of benzene rings is 1. The van der Waals surface area contributed by atoms with Crippen LogP contribution in [0.15, 0.2) is 18.2 Å². The highest BCUT2D eigenvalue weighted by Crippen LogP contribution is 2.24. The lowest BCUT2D eigenvalue weighted by molar-refractivity contribution is 0.0848. The predicted octanol–water partition coefficient (Wildman–Crippen LogP) is 2.82. The van der Waals surface area contributed by atoms with Crippen LogP contribution in [0.5, 0.6) is 0 Å². The Labute approximate surface area is 86.4 Å². The SMILES string of the molecule is COCC(=O)c1c(Cl)cccc1Cl. The highest BCUT2D eigenvalue weighted by atomic mass is 35.5. The summed E-state index contributed by atoms with van der Waals surface area (Å²) >= 11 is 11.6. The van der Waals surface area contributed by atoms with Crippen molar-refractivity contribution in [3.05, 3.63) is 33.8 Å². The summed E-state index contributed by atoms with van der Waals surface area (Å²) in [6.07, 6.45) is 0. The fourth-order valence-electron chi connectivity index (χ4n) is 0.967. The molecule has 0 saturated heterocycles. The van der Waals surface area contributed by atoms with E-state index < -0.39 is 0 Å². The zero-order valence-electron chi connectivity index (χ0n) is 7.01. The van der Waals surface area contributed by atoms with Crippen LogP contribution in [0.1, 0.15) is 10.4 Å². The van der Waals surface area contributed by atoms with Gasteiger partial charge < -0.3 is 4.74 Å². The summed E-state index contributed by atoms with van der Waals surface area (Å²) in [5.41, 5.74) is 0.327. The Morgan fingerprint density at radius 1 is 1.38 bits per heavy atom. The first-order valence-electron chi connectivity index (χ1n) is 3.63. The van der Waals surface area contributed by atoms with Crippen molar-refractivity contribution in [1.82, 2.24) is 0 Å². The van der Waals surface area contributed by atoms with Gasteiger partial charge in [-0.25, -0.2) is 0 Å². The highest BCUT2D eigenvalue weighted by Gasteiger charge is 2.13. The third-order valence-corrected chi connectivity index (χ3v) is 2.15. The van der Waals surface area contributed by atoms with E-state index in [0.29, 0.717) is 15.6 Å². The Balaban J connectivity index is 3.05. The van der Waals surface area contributed by atoms with Crippen LogP contribution in [0, 0.1) is 0 Å². The third kappa shape index (κ3) is 2.44. The molecule has 0 N–H and O–H groups in total. The van der Waals surface area contributed by atoms with E-state index in [1.54, 1.807) is 18.2 Å². The molecular formula is C9H8Cl2O2. The molecule has 4 heteroatoms. The number of ether oxygens (including phenoxy) is 1. The average Bonchev–Trinajstić information content (AvgIpc) is 2.04. The fourth-order valence-corrected chi connectivity index (χ4v) is 1.58. The van der Waals surface area contributed by atoms with Gasteiger partial charge in [-0.05, 0) is 12.1 Å². The predicted molar refractivity (Wildman–Crippen MR) is 52.7 cm³/mol. The zero-order valence-corrected chi connectivity index (χ0v) is 8.52. The van der Waals surface area contributed by atoms with Gasteiger partial charge in [0, 0.05) is 7.11 Å². The van der Waals surface area contributed by atoms with Crippen molar-refractivity contribution >= 4 is 29.0 Å². The van der Waals surface area contributed by atoms with Crippen molar-refractivity contribution in [3.8, 4) is 0 Å². The molecule has 13 heavy (non-hydrogen) atoms. The molecule has 2 nitrogen and oxygen atoms in total. The maximum atomic E-state index is 11.4. The van der Waals surface area contributed by atoms with Crippen LogP contribution in [0.25, 0.3) is 0 Å². The van der Waals surface area contributed by atoms with Gasteiger partial charge in [-0.3, -0.25) is 4.79 Å². The van der Waals surface area contributed by atoms with Crippen LogP contribution >= 0.6 is 23.2 Å². The van der Waals surface area contributed by atoms with Gasteiger partial charge in [0.1, 0.15) is 6.61 Å². The number of hydrogen-bond donors (Lipinski definition) is 0. The van der Waals surface area contributed by atoms with E-state index in [-0.39, 0.29) is 12.4 Å². The lowest BCUT2D eigenvalue weighted by Crippen LogP contribution is -2.08. The van der Waals surface area contributed by atoms with Crippen molar-refractivity contribution in [2.24, 2.45) is 0 Å². The quantitative estimate of drug-likeness (QED) is 0.730. The molecule has 70 valence electrons. The van der Waals surface area contributed by atoms with Crippen molar-refractivity contribution < 1.29 is 9.53 Å². The van der Waals surface area contributed by atoms with E-state index >= 15 is 0 Å². The summed E-state index contributed by atoms with van der Waals surface area (Å²) in [5.74, 6) is -0.210. The number of Topliss-reactive ketones (excluding diaryl/α,β-unsaturated/α-hetero) is 1. The van der Waals surface area contributed by atoms with Crippen molar-refractivity contribution in [1.29, 1.82) is 0 Å². The second-order valence-corrected chi connectivity index (χ2v) is 3.27. The molecule has 0 fully saturated rings. The Hall–Kier alpha value is -0.570. The molecule has 1 rings (SSSR count). The molecule has 0 bridgehead atoms. The van der Waals surface area contributed by atoms with Crippen molar-refractivity contribution in [3.63, 3.8) is 0 Å². The Morgan fingerprint density at radius 3 is 2.38 bits per heavy atom. The first-order valence-corrected chi connectivity index (χ1v) is 4.38. The van der Waals surface area contributed by atoms with Gasteiger partial charge in [-0.1, -0.05) is 29.3 Å². The smallest absolute Gasteiger partial charge is 0.191 e. The van der Waals surface area contributed by atoms with Gasteiger partial charge in [0.25, 0.3) is 0 Å². The van der Waals surface area contributed by atoms with Gasteiger partial charge in [0.2, 0.25) is 0 Å². The fraction of sp³-hybridized carbons (Fsp3) is 0.222. The molecule has 0 saturated carbocycles. The summed E-state index contributed by atoms with van der Waals surface area (Å²) < 4.78 is 4.70. The molecule has 0 heterocycles. The molecule has 0 atom stereocenters. The van der Waals surface area contributed by atoms with Crippen LogP contribution < -0.4 is 0 Å². The summed E-state index contributed by atoms with van der Waals surface area (Å²) in [7, 11) is 1.45. The Morgan fingerprint density at radius 2 is 1.92 bits per heavy atom. The summed E-state index contributed by atoms with van der Waals surface area (Å²) in [6, 6.07) is 4.93. The molecule has 0 aliphatic heterocycles. The van der Waals surface area contributed by atoms with Gasteiger partial charge in [0.05, 0.1) is 15.6 Å². The van der Waals surface area contributed by atoms with E-state index in [9.17, 15) is 4.79 Å².